The molecule has 1 aliphatic heterocycles. The molecule has 2 rings (SSSR count). The lowest BCUT2D eigenvalue weighted by Crippen LogP contribution is -2.43. The number of fused-ring (bicyclic) bond motifs is 1. The van der Waals surface area contributed by atoms with E-state index in [9.17, 15) is 9.59 Å². The van der Waals surface area contributed by atoms with Crippen LogP contribution in [0.3, 0.4) is 0 Å². The van der Waals surface area contributed by atoms with Crippen LogP contribution in [0.4, 0.5) is 5.69 Å². The van der Waals surface area contributed by atoms with Gasteiger partial charge in [-0.1, -0.05) is 18.2 Å². The fourth-order valence-electron chi connectivity index (χ4n) is 2.56. The van der Waals surface area contributed by atoms with E-state index in [0.717, 1.165) is 11.3 Å². The first kappa shape index (κ1) is 14.5. The molecule has 0 saturated heterocycles. The van der Waals surface area contributed by atoms with Crippen molar-refractivity contribution in [1.82, 2.24) is 0 Å². The molecule has 0 aromatic heterocycles. The van der Waals surface area contributed by atoms with Crippen LogP contribution in [0.25, 0.3) is 0 Å². The SMILES string of the molecule is COC(CN)C(=O)N1CC(CC(=O)O)c2ccccc21. The molecular formula is C14H18N2O4. The van der Waals surface area contributed by atoms with Crippen molar-refractivity contribution in [1.29, 1.82) is 0 Å². The minimum atomic E-state index is -0.874. The summed E-state index contributed by atoms with van der Waals surface area (Å²) in [5, 5.41) is 8.98. The van der Waals surface area contributed by atoms with Crippen LogP contribution < -0.4 is 10.6 Å². The van der Waals surface area contributed by atoms with E-state index in [-0.39, 0.29) is 24.8 Å². The van der Waals surface area contributed by atoms with E-state index in [1.807, 2.05) is 24.3 Å². The number of aliphatic carboxylic acids is 1. The Morgan fingerprint density at radius 2 is 2.20 bits per heavy atom. The zero-order valence-electron chi connectivity index (χ0n) is 11.3. The number of anilines is 1. The maximum Gasteiger partial charge on any atom is 0.304 e. The van der Waals surface area contributed by atoms with E-state index < -0.39 is 12.1 Å². The van der Waals surface area contributed by atoms with Crippen LogP contribution in [-0.2, 0) is 14.3 Å². The van der Waals surface area contributed by atoms with E-state index in [1.54, 1.807) is 4.90 Å². The van der Waals surface area contributed by atoms with Crippen molar-refractivity contribution >= 4 is 17.6 Å². The third-order valence-electron chi connectivity index (χ3n) is 3.53. The molecule has 20 heavy (non-hydrogen) atoms. The van der Waals surface area contributed by atoms with Crippen molar-refractivity contribution in [3.63, 3.8) is 0 Å². The van der Waals surface area contributed by atoms with E-state index in [4.69, 9.17) is 15.6 Å². The second-order valence-corrected chi connectivity index (χ2v) is 4.76. The molecule has 1 aromatic rings. The van der Waals surface area contributed by atoms with Crippen molar-refractivity contribution in [3.8, 4) is 0 Å². The van der Waals surface area contributed by atoms with Crippen molar-refractivity contribution in [2.75, 3.05) is 25.1 Å². The summed E-state index contributed by atoms with van der Waals surface area (Å²) in [6.45, 7) is 0.446. The Bertz CT molecular complexity index is 514. The Morgan fingerprint density at radius 3 is 2.80 bits per heavy atom. The first-order chi connectivity index (χ1) is 9.58. The second kappa shape index (κ2) is 6.02. The summed E-state index contributed by atoms with van der Waals surface area (Å²) >= 11 is 0. The van der Waals surface area contributed by atoms with Gasteiger partial charge >= 0.3 is 5.97 Å². The smallest absolute Gasteiger partial charge is 0.304 e. The average molecular weight is 278 g/mol. The fourth-order valence-corrected chi connectivity index (χ4v) is 2.56. The number of nitrogens with two attached hydrogens (primary N) is 1. The number of ether oxygens (including phenoxy) is 1. The second-order valence-electron chi connectivity index (χ2n) is 4.76. The summed E-state index contributed by atoms with van der Waals surface area (Å²) < 4.78 is 5.07. The molecule has 1 aromatic carbocycles. The largest absolute Gasteiger partial charge is 0.481 e. The van der Waals surface area contributed by atoms with Crippen LogP contribution in [0.1, 0.15) is 17.9 Å². The predicted octanol–water partition coefficient (Wildman–Crippen LogP) is 0.565. The molecule has 6 nitrogen and oxygen atoms in total. The molecule has 1 amide bonds. The summed E-state index contributed by atoms with van der Waals surface area (Å²) in [6.07, 6.45) is -0.701. The van der Waals surface area contributed by atoms with Gasteiger partial charge in [0.1, 0.15) is 6.10 Å². The zero-order chi connectivity index (χ0) is 14.7. The maximum absolute atomic E-state index is 12.4. The van der Waals surface area contributed by atoms with E-state index in [2.05, 4.69) is 0 Å². The Morgan fingerprint density at radius 1 is 1.50 bits per heavy atom. The number of methoxy groups -OCH3 is 1. The molecule has 6 heteroatoms. The van der Waals surface area contributed by atoms with Gasteiger partial charge in [-0.3, -0.25) is 9.59 Å². The molecule has 1 heterocycles. The lowest BCUT2D eigenvalue weighted by atomic mass is 9.98. The highest BCUT2D eigenvalue weighted by molar-refractivity contribution is 5.99. The summed E-state index contributed by atoms with van der Waals surface area (Å²) in [4.78, 5) is 24.9. The monoisotopic (exact) mass is 278 g/mol. The molecule has 108 valence electrons. The van der Waals surface area contributed by atoms with Gasteiger partial charge in [0.25, 0.3) is 5.91 Å². The van der Waals surface area contributed by atoms with Crippen molar-refractivity contribution in [2.45, 2.75) is 18.4 Å². The number of hydrogen-bond donors (Lipinski definition) is 2. The standard InChI is InChI=1S/C14H18N2O4/c1-20-12(7-15)14(19)16-8-9(6-13(17)18)10-4-2-3-5-11(10)16/h2-5,9,12H,6-8,15H2,1H3,(H,17,18). The van der Waals surface area contributed by atoms with Crippen LogP contribution in [0.5, 0.6) is 0 Å². The molecule has 0 spiro atoms. The summed E-state index contributed by atoms with van der Waals surface area (Å²) in [5.41, 5.74) is 7.15. The van der Waals surface area contributed by atoms with Crippen LogP contribution in [0.2, 0.25) is 0 Å². The van der Waals surface area contributed by atoms with Gasteiger partial charge in [-0.25, -0.2) is 0 Å². The number of hydrogen-bond acceptors (Lipinski definition) is 4. The third kappa shape index (κ3) is 2.66. The number of carbonyl (C=O) groups is 2. The Kier molecular flexibility index (Phi) is 4.36. The molecule has 1 aliphatic rings. The molecule has 0 fully saturated rings. The molecular weight excluding hydrogens is 260 g/mol. The molecule has 2 atom stereocenters. The van der Waals surface area contributed by atoms with Crippen LogP contribution in [0.15, 0.2) is 24.3 Å². The van der Waals surface area contributed by atoms with Gasteiger partial charge in [0.15, 0.2) is 0 Å². The van der Waals surface area contributed by atoms with E-state index in [1.165, 1.54) is 7.11 Å². The quantitative estimate of drug-likeness (QED) is 0.821. The minimum Gasteiger partial charge on any atom is -0.481 e. The number of para-hydroxylation sites is 1. The molecule has 2 unspecified atom stereocenters. The van der Waals surface area contributed by atoms with Crippen molar-refractivity contribution < 1.29 is 19.4 Å². The van der Waals surface area contributed by atoms with Gasteiger partial charge in [-0.05, 0) is 11.6 Å². The van der Waals surface area contributed by atoms with Gasteiger partial charge in [0.05, 0.1) is 6.42 Å². The minimum absolute atomic E-state index is 0.00106. The first-order valence-corrected chi connectivity index (χ1v) is 6.43. The third-order valence-corrected chi connectivity index (χ3v) is 3.53. The summed E-state index contributed by atoms with van der Waals surface area (Å²) in [5.74, 6) is -1.29. The van der Waals surface area contributed by atoms with Gasteiger partial charge in [-0.2, -0.15) is 0 Å². The van der Waals surface area contributed by atoms with Crippen molar-refractivity contribution in [2.24, 2.45) is 5.73 Å². The number of rotatable bonds is 5. The molecule has 0 bridgehead atoms. The Balaban J connectivity index is 2.29. The number of nitrogens with zero attached hydrogens (tertiary/aromatic N) is 1. The maximum atomic E-state index is 12.4. The van der Waals surface area contributed by atoms with Gasteiger partial charge in [-0.15, -0.1) is 0 Å². The molecule has 0 aliphatic carbocycles. The van der Waals surface area contributed by atoms with E-state index >= 15 is 0 Å². The normalized spacial score (nSPS) is 18.7. The number of amides is 1. The lowest BCUT2D eigenvalue weighted by Gasteiger charge is -2.22. The zero-order valence-corrected chi connectivity index (χ0v) is 11.3. The Hall–Kier alpha value is -1.92. The predicted molar refractivity (Wildman–Crippen MR) is 73.6 cm³/mol. The summed E-state index contributed by atoms with van der Waals surface area (Å²) in [7, 11) is 1.44. The highest BCUT2D eigenvalue weighted by Gasteiger charge is 2.35. The number of carboxylic acids is 1. The molecule has 3 N–H and O–H groups in total. The van der Waals surface area contributed by atoms with E-state index in [0.29, 0.717) is 6.54 Å². The Labute approximate surface area is 117 Å². The summed E-state index contributed by atoms with van der Waals surface area (Å²) in [6, 6.07) is 7.35. The number of carboxylic acid groups (broad SMARTS) is 1. The van der Waals surface area contributed by atoms with Gasteiger partial charge in [0.2, 0.25) is 0 Å². The molecule has 0 saturated carbocycles. The van der Waals surface area contributed by atoms with Crippen LogP contribution in [0, 0.1) is 0 Å². The first-order valence-electron chi connectivity index (χ1n) is 6.43. The lowest BCUT2D eigenvalue weighted by molar-refractivity contribution is -0.137. The van der Waals surface area contributed by atoms with Gasteiger partial charge in [0, 0.05) is 31.8 Å². The number of carbonyl (C=O) groups excluding carboxylic acids is 1. The van der Waals surface area contributed by atoms with Gasteiger partial charge < -0.3 is 20.5 Å². The fraction of sp³-hybridized carbons (Fsp3) is 0.429. The topological polar surface area (TPSA) is 92.9 Å². The molecule has 0 radical (unpaired) electrons. The highest BCUT2D eigenvalue weighted by atomic mass is 16.5. The highest BCUT2D eigenvalue weighted by Crippen LogP contribution is 2.38. The average Bonchev–Trinajstić information content (AvgIpc) is 2.78. The number of benzene rings is 1. The van der Waals surface area contributed by atoms with Crippen LogP contribution in [-0.4, -0.2) is 43.3 Å². The van der Waals surface area contributed by atoms with Crippen molar-refractivity contribution in [3.05, 3.63) is 29.8 Å². The van der Waals surface area contributed by atoms with Crippen LogP contribution >= 0.6 is 0 Å².